The fourth-order valence-corrected chi connectivity index (χ4v) is 4.94. The summed E-state index contributed by atoms with van der Waals surface area (Å²) in [5.74, 6) is -1.26. The molecule has 5 nitrogen and oxygen atoms in total. The van der Waals surface area contributed by atoms with E-state index in [1.165, 1.54) is 22.5 Å². The number of carbonyl (C=O) groups is 1. The number of likely N-dealkylation sites (tertiary alicyclic amines) is 1. The number of halogens is 2. The van der Waals surface area contributed by atoms with Crippen LogP contribution in [0, 0.1) is 11.6 Å². The van der Waals surface area contributed by atoms with Crippen LogP contribution < -0.4 is 0 Å². The number of rotatable bonds is 4. The van der Waals surface area contributed by atoms with E-state index in [1.807, 2.05) is 6.92 Å². The molecular weight excluding hydrogens is 358 g/mol. The molecule has 0 bridgehead atoms. The number of aromatic nitrogens is 3. The van der Waals surface area contributed by atoms with E-state index in [9.17, 15) is 13.6 Å². The van der Waals surface area contributed by atoms with Crippen molar-refractivity contribution in [2.24, 2.45) is 0 Å². The molecule has 8 heteroatoms. The molecule has 2 aliphatic rings. The van der Waals surface area contributed by atoms with Gasteiger partial charge in [0.2, 0.25) is 0 Å². The fourth-order valence-electron chi connectivity index (χ4n) is 3.66. The van der Waals surface area contributed by atoms with Crippen molar-refractivity contribution in [3.8, 4) is 0 Å². The van der Waals surface area contributed by atoms with Crippen molar-refractivity contribution in [3.05, 3.63) is 41.2 Å². The van der Waals surface area contributed by atoms with Gasteiger partial charge in [-0.05, 0) is 43.6 Å². The molecule has 2 aromatic rings. The van der Waals surface area contributed by atoms with Gasteiger partial charge in [0.25, 0.3) is 5.91 Å². The molecule has 1 aromatic heterocycles. The second-order valence-electron chi connectivity index (χ2n) is 6.67. The van der Waals surface area contributed by atoms with Gasteiger partial charge in [0.15, 0.2) is 22.6 Å². The number of hydrogen-bond acceptors (Lipinski definition) is 5. The van der Waals surface area contributed by atoms with Gasteiger partial charge in [0.1, 0.15) is 5.25 Å². The van der Waals surface area contributed by atoms with E-state index in [2.05, 4.69) is 15.0 Å². The van der Waals surface area contributed by atoms with Crippen molar-refractivity contribution >= 4 is 17.7 Å². The summed E-state index contributed by atoms with van der Waals surface area (Å²) >= 11 is 1.37. The highest BCUT2D eigenvalue weighted by atomic mass is 32.2. The lowest BCUT2D eigenvalue weighted by Gasteiger charge is -2.37. The maximum absolute atomic E-state index is 13.9. The lowest BCUT2D eigenvalue weighted by Crippen LogP contribution is -2.41. The number of benzene rings is 1. The van der Waals surface area contributed by atoms with Crippen LogP contribution >= 0.6 is 11.8 Å². The summed E-state index contributed by atoms with van der Waals surface area (Å²) < 4.78 is 28.7. The Labute approximate surface area is 154 Å². The van der Waals surface area contributed by atoms with Gasteiger partial charge in [-0.25, -0.2) is 13.8 Å². The molecule has 138 valence electrons. The maximum atomic E-state index is 13.9. The van der Waals surface area contributed by atoms with Crippen molar-refractivity contribution in [2.45, 2.75) is 49.1 Å². The molecule has 2 aliphatic heterocycles. The molecule has 4 rings (SSSR count). The zero-order valence-corrected chi connectivity index (χ0v) is 15.3. The van der Waals surface area contributed by atoms with E-state index < -0.39 is 16.9 Å². The first-order chi connectivity index (χ1) is 12.6. The lowest BCUT2D eigenvalue weighted by molar-refractivity contribution is 0.0818. The second-order valence-corrected chi connectivity index (χ2v) is 7.78. The van der Waals surface area contributed by atoms with Crippen molar-refractivity contribution in [3.63, 3.8) is 0 Å². The summed E-state index contributed by atoms with van der Waals surface area (Å²) in [6.45, 7) is 3.61. The van der Waals surface area contributed by atoms with Gasteiger partial charge >= 0.3 is 0 Å². The van der Waals surface area contributed by atoms with Crippen LogP contribution in [-0.4, -0.2) is 43.9 Å². The van der Waals surface area contributed by atoms with Crippen LogP contribution in [0.3, 0.4) is 0 Å². The molecule has 2 unspecified atom stereocenters. The highest BCUT2D eigenvalue weighted by Crippen LogP contribution is 2.42. The number of aryl methyl sites for hydroxylation is 1. The quantitative estimate of drug-likeness (QED) is 0.816. The first kappa shape index (κ1) is 17.6. The molecule has 0 N–H and O–H groups in total. The summed E-state index contributed by atoms with van der Waals surface area (Å²) in [7, 11) is 0. The van der Waals surface area contributed by atoms with Crippen molar-refractivity contribution in [1.82, 2.24) is 19.7 Å². The SMILES string of the molecule is CCc1nc2n(n1)C(=O)C(C(c1ccc(F)c(F)c1)N1CCCCC1)S2. The second kappa shape index (κ2) is 7.08. The Morgan fingerprint density at radius 2 is 2.00 bits per heavy atom. The molecule has 1 aromatic carbocycles. The summed E-state index contributed by atoms with van der Waals surface area (Å²) in [5.41, 5.74) is 0.623. The standard InChI is InChI=1S/C18H20F2N4OS/c1-2-14-21-18-24(22-14)17(25)16(26-18)15(23-8-4-3-5-9-23)11-6-7-12(19)13(20)10-11/h6-7,10,15-16H,2-5,8-9H2,1H3. The van der Waals surface area contributed by atoms with E-state index in [4.69, 9.17) is 0 Å². The predicted octanol–water partition coefficient (Wildman–Crippen LogP) is 3.46. The Hall–Kier alpha value is -1.80. The minimum atomic E-state index is -0.885. The molecule has 1 fully saturated rings. The number of hydrogen-bond donors (Lipinski definition) is 0. The summed E-state index contributed by atoms with van der Waals surface area (Å²) in [6, 6.07) is 3.61. The van der Waals surface area contributed by atoms with Crippen LogP contribution in [0.5, 0.6) is 0 Å². The fraction of sp³-hybridized carbons (Fsp3) is 0.500. The topological polar surface area (TPSA) is 51.0 Å². The van der Waals surface area contributed by atoms with Crippen LogP contribution in [0.1, 0.15) is 48.4 Å². The number of nitrogens with zero attached hydrogens (tertiary/aromatic N) is 4. The number of carbonyl (C=O) groups excluding carboxylic acids is 1. The van der Waals surface area contributed by atoms with Crippen LogP contribution in [0.15, 0.2) is 23.4 Å². The van der Waals surface area contributed by atoms with Gasteiger partial charge in [0.05, 0.1) is 6.04 Å². The van der Waals surface area contributed by atoms with Gasteiger partial charge in [-0.15, -0.1) is 5.10 Å². The first-order valence-corrected chi connectivity index (χ1v) is 9.82. The Morgan fingerprint density at radius 3 is 2.65 bits per heavy atom. The average Bonchev–Trinajstić information content (AvgIpc) is 3.19. The Kier molecular flexibility index (Phi) is 4.79. The lowest BCUT2D eigenvalue weighted by atomic mass is 9.98. The summed E-state index contributed by atoms with van der Waals surface area (Å²) in [6.07, 6.45) is 3.88. The molecule has 0 radical (unpaired) electrons. The van der Waals surface area contributed by atoms with Gasteiger partial charge in [0, 0.05) is 6.42 Å². The molecular formula is C18H20F2N4OS. The summed E-state index contributed by atoms with van der Waals surface area (Å²) in [5, 5.41) is 4.40. The van der Waals surface area contributed by atoms with E-state index in [0.717, 1.165) is 38.4 Å². The van der Waals surface area contributed by atoms with E-state index in [1.54, 1.807) is 6.07 Å². The molecule has 0 amide bonds. The smallest absolute Gasteiger partial charge is 0.264 e. The molecule has 0 spiro atoms. The van der Waals surface area contributed by atoms with Crippen molar-refractivity contribution in [1.29, 1.82) is 0 Å². The number of thioether (sulfide) groups is 1. The molecule has 3 heterocycles. The molecule has 2 atom stereocenters. The Bertz CT molecular complexity index is 835. The minimum absolute atomic E-state index is 0.141. The van der Waals surface area contributed by atoms with Crippen LogP contribution in [0.2, 0.25) is 0 Å². The van der Waals surface area contributed by atoms with Gasteiger partial charge in [-0.2, -0.15) is 4.68 Å². The van der Waals surface area contributed by atoms with Crippen molar-refractivity contribution < 1.29 is 13.6 Å². The third-order valence-electron chi connectivity index (χ3n) is 4.98. The summed E-state index contributed by atoms with van der Waals surface area (Å²) in [4.78, 5) is 19.6. The van der Waals surface area contributed by atoms with E-state index in [-0.39, 0.29) is 11.9 Å². The zero-order valence-electron chi connectivity index (χ0n) is 14.5. The van der Waals surface area contributed by atoms with Crippen LogP contribution in [0.25, 0.3) is 0 Å². The van der Waals surface area contributed by atoms with Gasteiger partial charge in [-0.1, -0.05) is 31.2 Å². The molecule has 1 saturated heterocycles. The minimum Gasteiger partial charge on any atom is -0.295 e. The largest absolute Gasteiger partial charge is 0.295 e. The molecule has 0 saturated carbocycles. The number of piperidine rings is 1. The third kappa shape index (κ3) is 3.05. The average molecular weight is 378 g/mol. The van der Waals surface area contributed by atoms with Crippen molar-refractivity contribution in [2.75, 3.05) is 13.1 Å². The maximum Gasteiger partial charge on any atom is 0.264 e. The van der Waals surface area contributed by atoms with Crippen LogP contribution in [-0.2, 0) is 6.42 Å². The monoisotopic (exact) mass is 378 g/mol. The van der Waals surface area contributed by atoms with Crippen LogP contribution in [0.4, 0.5) is 8.78 Å². The zero-order chi connectivity index (χ0) is 18.3. The van der Waals surface area contributed by atoms with E-state index >= 15 is 0 Å². The van der Waals surface area contributed by atoms with E-state index in [0.29, 0.717) is 23.0 Å². The van der Waals surface area contributed by atoms with Gasteiger partial charge < -0.3 is 0 Å². The highest BCUT2D eigenvalue weighted by molar-refractivity contribution is 8.00. The third-order valence-corrected chi connectivity index (χ3v) is 6.17. The molecule has 26 heavy (non-hydrogen) atoms. The number of fused-ring (bicyclic) bond motifs is 1. The molecule has 0 aliphatic carbocycles. The Balaban J connectivity index is 1.70. The van der Waals surface area contributed by atoms with Gasteiger partial charge in [-0.3, -0.25) is 9.69 Å². The normalized spacial score (nSPS) is 21.8. The predicted molar refractivity (Wildman–Crippen MR) is 94.2 cm³/mol. The highest BCUT2D eigenvalue weighted by Gasteiger charge is 2.43. The Morgan fingerprint density at radius 1 is 1.23 bits per heavy atom. The first-order valence-electron chi connectivity index (χ1n) is 8.94.